The van der Waals surface area contributed by atoms with Gasteiger partial charge in [-0.2, -0.15) is 0 Å². The summed E-state index contributed by atoms with van der Waals surface area (Å²) in [6.45, 7) is 0. The first kappa shape index (κ1) is 10.4. The Balaban J connectivity index is 2.18. The Kier molecular flexibility index (Phi) is 2.91. The first-order chi connectivity index (χ1) is 7.20. The van der Waals surface area contributed by atoms with Crippen molar-refractivity contribution in [2.75, 3.05) is 7.11 Å². The first-order valence-electron chi connectivity index (χ1n) is 5.29. The van der Waals surface area contributed by atoms with Crippen LogP contribution in [0.25, 0.3) is 0 Å². The molecule has 0 spiro atoms. The molecule has 15 heavy (non-hydrogen) atoms. The third kappa shape index (κ3) is 2.48. The van der Waals surface area contributed by atoms with Crippen LogP contribution in [0.4, 0.5) is 4.39 Å². The van der Waals surface area contributed by atoms with E-state index in [-0.39, 0.29) is 11.9 Å². The van der Waals surface area contributed by atoms with Crippen LogP contribution in [0, 0.1) is 11.7 Å². The zero-order valence-corrected chi connectivity index (χ0v) is 8.87. The van der Waals surface area contributed by atoms with Crippen LogP contribution >= 0.6 is 0 Å². The van der Waals surface area contributed by atoms with Crippen molar-refractivity contribution >= 4 is 0 Å². The van der Waals surface area contributed by atoms with Crippen LogP contribution in [0.2, 0.25) is 0 Å². The highest BCUT2D eigenvalue weighted by atomic mass is 19.1. The maximum absolute atomic E-state index is 13.1. The van der Waals surface area contributed by atoms with Gasteiger partial charge in [-0.1, -0.05) is 12.8 Å². The average Bonchev–Trinajstić information content (AvgIpc) is 3.01. The fourth-order valence-electron chi connectivity index (χ4n) is 1.83. The minimum atomic E-state index is -0.253. The molecule has 1 aromatic carbocycles. The monoisotopic (exact) mass is 209 g/mol. The van der Waals surface area contributed by atoms with Gasteiger partial charge in [0.25, 0.3) is 0 Å². The van der Waals surface area contributed by atoms with Gasteiger partial charge < -0.3 is 10.5 Å². The Hall–Kier alpha value is -1.09. The molecule has 3 heteroatoms. The summed E-state index contributed by atoms with van der Waals surface area (Å²) in [6, 6.07) is 4.40. The van der Waals surface area contributed by atoms with Crippen LogP contribution in [0.5, 0.6) is 5.75 Å². The zero-order chi connectivity index (χ0) is 10.8. The molecular weight excluding hydrogens is 193 g/mol. The molecular formula is C12H16FNO. The third-order valence-corrected chi connectivity index (χ3v) is 2.88. The molecule has 2 N–H and O–H groups in total. The van der Waals surface area contributed by atoms with Gasteiger partial charge in [-0.15, -0.1) is 0 Å². The second kappa shape index (κ2) is 4.19. The molecule has 2 nitrogen and oxygen atoms in total. The van der Waals surface area contributed by atoms with Crippen molar-refractivity contribution in [3.05, 3.63) is 29.6 Å². The van der Waals surface area contributed by atoms with Gasteiger partial charge in [-0.3, -0.25) is 0 Å². The van der Waals surface area contributed by atoms with Gasteiger partial charge in [0, 0.05) is 11.6 Å². The Morgan fingerprint density at radius 1 is 1.53 bits per heavy atom. The van der Waals surface area contributed by atoms with Crippen LogP contribution in [0.1, 0.15) is 30.9 Å². The van der Waals surface area contributed by atoms with E-state index in [2.05, 4.69) is 0 Å². The van der Waals surface area contributed by atoms with Crippen molar-refractivity contribution < 1.29 is 9.13 Å². The van der Waals surface area contributed by atoms with Gasteiger partial charge >= 0.3 is 0 Å². The van der Waals surface area contributed by atoms with Gasteiger partial charge in [0.05, 0.1) is 7.11 Å². The molecule has 0 radical (unpaired) electrons. The quantitative estimate of drug-likeness (QED) is 0.827. The summed E-state index contributed by atoms with van der Waals surface area (Å²) in [5.74, 6) is 1.16. The fraction of sp³-hybridized carbons (Fsp3) is 0.500. The molecule has 1 atom stereocenters. The Morgan fingerprint density at radius 3 is 2.87 bits per heavy atom. The maximum atomic E-state index is 13.1. The summed E-state index contributed by atoms with van der Waals surface area (Å²) in [5, 5.41) is 0. The number of hydrogen-bond acceptors (Lipinski definition) is 2. The van der Waals surface area contributed by atoms with Crippen molar-refractivity contribution in [2.45, 2.75) is 25.3 Å². The highest BCUT2D eigenvalue weighted by Gasteiger charge is 2.25. The second-order valence-corrected chi connectivity index (χ2v) is 4.17. The summed E-state index contributed by atoms with van der Waals surface area (Å²) in [7, 11) is 1.58. The zero-order valence-electron chi connectivity index (χ0n) is 8.87. The van der Waals surface area contributed by atoms with E-state index in [0.29, 0.717) is 5.75 Å². The topological polar surface area (TPSA) is 35.2 Å². The number of hydrogen-bond donors (Lipinski definition) is 1. The molecule has 0 amide bonds. The van der Waals surface area contributed by atoms with Crippen molar-refractivity contribution in [1.29, 1.82) is 0 Å². The number of rotatable bonds is 4. The largest absolute Gasteiger partial charge is 0.496 e. The average molecular weight is 209 g/mol. The van der Waals surface area contributed by atoms with E-state index in [1.807, 2.05) is 0 Å². The predicted octanol–water partition coefficient (Wildman–Crippen LogP) is 2.63. The number of ether oxygens (including phenoxy) is 1. The van der Waals surface area contributed by atoms with E-state index in [9.17, 15) is 4.39 Å². The Labute approximate surface area is 89.2 Å². The van der Waals surface area contributed by atoms with Gasteiger partial charge in [0.2, 0.25) is 0 Å². The fourth-order valence-corrected chi connectivity index (χ4v) is 1.83. The van der Waals surface area contributed by atoms with Crippen LogP contribution in [-0.2, 0) is 0 Å². The number of methoxy groups -OCH3 is 1. The van der Waals surface area contributed by atoms with Crippen LogP contribution in [0.15, 0.2) is 18.2 Å². The van der Waals surface area contributed by atoms with E-state index in [1.165, 1.54) is 25.0 Å². The van der Waals surface area contributed by atoms with E-state index in [1.54, 1.807) is 13.2 Å². The molecule has 0 bridgehead atoms. The van der Waals surface area contributed by atoms with Gasteiger partial charge in [-0.05, 0) is 30.5 Å². The SMILES string of the molecule is COc1ccc(F)cc1[C@H](N)CC1CC1. The lowest BCUT2D eigenvalue weighted by Crippen LogP contribution is -2.12. The number of halogens is 1. The van der Waals surface area contributed by atoms with E-state index in [0.717, 1.165) is 17.9 Å². The van der Waals surface area contributed by atoms with Gasteiger partial charge in [0.15, 0.2) is 0 Å². The lowest BCUT2D eigenvalue weighted by molar-refractivity contribution is 0.401. The molecule has 0 saturated heterocycles. The van der Waals surface area contributed by atoms with Crippen molar-refractivity contribution in [2.24, 2.45) is 11.7 Å². The maximum Gasteiger partial charge on any atom is 0.123 e. The van der Waals surface area contributed by atoms with Gasteiger partial charge in [0.1, 0.15) is 11.6 Å². The molecule has 1 fully saturated rings. The van der Waals surface area contributed by atoms with Gasteiger partial charge in [-0.25, -0.2) is 4.39 Å². The molecule has 0 unspecified atom stereocenters. The molecule has 0 aliphatic heterocycles. The van der Waals surface area contributed by atoms with E-state index < -0.39 is 0 Å². The molecule has 1 aromatic rings. The van der Waals surface area contributed by atoms with Crippen LogP contribution in [0.3, 0.4) is 0 Å². The molecule has 1 saturated carbocycles. The van der Waals surface area contributed by atoms with Crippen LogP contribution < -0.4 is 10.5 Å². The van der Waals surface area contributed by atoms with Crippen molar-refractivity contribution in [1.82, 2.24) is 0 Å². The predicted molar refractivity (Wildman–Crippen MR) is 57.2 cm³/mol. The summed E-state index contributed by atoms with van der Waals surface area (Å²) < 4.78 is 18.3. The highest BCUT2D eigenvalue weighted by Crippen LogP contribution is 2.38. The molecule has 0 heterocycles. The molecule has 1 aliphatic rings. The summed E-state index contributed by atoms with van der Waals surface area (Å²) >= 11 is 0. The third-order valence-electron chi connectivity index (χ3n) is 2.88. The van der Waals surface area contributed by atoms with E-state index >= 15 is 0 Å². The molecule has 0 aromatic heterocycles. The normalized spacial score (nSPS) is 17.5. The number of benzene rings is 1. The van der Waals surface area contributed by atoms with Crippen LogP contribution in [-0.4, -0.2) is 7.11 Å². The Morgan fingerprint density at radius 2 is 2.27 bits per heavy atom. The van der Waals surface area contributed by atoms with Crippen molar-refractivity contribution in [3.8, 4) is 5.75 Å². The summed E-state index contributed by atoms with van der Waals surface area (Å²) in [5.41, 5.74) is 6.82. The highest BCUT2D eigenvalue weighted by molar-refractivity contribution is 5.36. The smallest absolute Gasteiger partial charge is 0.123 e. The minimum Gasteiger partial charge on any atom is -0.496 e. The number of nitrogens with two attached hydrogens (primary N) is 1. The Bertz CT molecular complexity index is 349. The lowest BCUT2D eigenvalue weighted by atomic mass is 10.0. The van der Waals surface area contributed by atoms with Crippen molar-refractivity contribution in [3.63, 3.8) is 0 Å². The molecule has 2 rings (SSSR count). The molecule has 82 valence electrons. The standard InChI is InChI=1S/C12H16FNO/c1-15-12-5-4-9(13)7-10(12)11(14)6-8-2-3-8/h4-5,7-8,11H,2-3,6,14H2,1H3/t11-/m1/s1. The van der Waals surface area contributed by atoms with E-state index in [4.69, 9.17) is 10.5 Å². The lowest BCUT2D eigenvalue weighted by Gasteiger charge is -2.15. The summed E-state index contributed by atoms with van der Waals surface area (Å²) in [4.78, 5) is 0. The molecule has 1 aliphatic carbocycles. The summed E-state index contributed by atoms with van der Waals surface area (Å²) in [6.07, 6.45) is 3.44. The second-order valence-electron chi connectivity index (χ2n) is 4.17. The first-order valence-corrected chi connectivity index (χ1v) is 5.29. The minimum absolute atomic E-state index is 0.108.